The zero-order valence-corrected chi connectivity index (χ0v) is 9.25. The zero-order chi connectivity index (χ0) is 11.1. The Labute approximate surface area is 94.1 Å². The molecule has 1 heterocycles. The van der Waals surface area contributed by atoms with Crippen LogP contribution in [0.25, 0.3) is 21.8 Å². The number of nitrogens with two attached hydrogens (primary N) is 1. The van der Waals surface area contributed by atoms with E-state index in [4.69, 9.17) is 5.73 Å². The predicted octanol–water partition coefficient (Wildman–Crippen LogP) is 3.09. The first-order chi connectivity index (χ1) is 7.79. The van der Waals surface area contributed by atoms with Gasteiger partial charge in [-0.1, -0.05) is 29.8 Å². The van der Waals surface area contributed by atoms with E-state index in [1.165, 1.54) is 32.9 Å². The lowest BCUT2D eigenvalue weighted by atomic mass is 10.1. The Morgan fingerprint density at radius 1 is 1.12 bits per heavy atom. The second kappa shape index (κ2) is 3.35. The summed E-state index contributed by atoms with van der Waals surface area (Å²) in [6.07, 6.45) is 0. The van der Waals surface area contributed by atoms with Crippen molar-refractivity contribution in [3.8, 4) is 0 Å². The quantitative estimate of drug-likeness (QED) is 0.636. The Bertz CT molecular complexity index is 665. The number of para-hydroxylation sites is 1. The third-order valence-electron chi connectivity index (χ3n) is 3.10. The lowest BCUT2D eigenvalue weighted by Gasteiger charge is -1.98. The summed E-state index contributed by atoms with van der Waals surface area (Å²) in [6, 6.07) is 12.8. The van der Waals surface area contributed by atoms with Gasteiger partial charge in [-0.3, -0.25) is 0 Å². The molecule has 0 aliphatic carbocycles. The molecule has 0 spiro atoms. The molecule has 0 saturated carbocycles. The lowest BCUT2D eigenvalue weighted by molar-refractivity contribution is 1.08. The van der Waals surface area contributed by atoms with Crippen molar-refractivity contribution in [1.82, 2.24) is 4.98 Å². The SMILES string of the molecule is Cc1ccc2[nH]c3c(CN)cccc3c2c1. The highest BCUT2D eigenvalue weighted by Gasteiger charge is 2.06. The molecule has 0 unspecified atom stereocenters. The van der Waals surface area contributed by atoms with E-state index in [1.54, 1.807) is 0 Å². The maximum atomic E-state index is 5.75. The summed E-state index contributed by atoms with van der Waals surface area (Å²) in [7, 11) is 0. The Morgan fingerprint density at radius 3 is 2.81 bits per heavy atom. The van der Waals surface area contributed by atoms with Crippen LogP contribution in [0.4, 0.5) is 0 Å². The van der Waals surface area contributed by atoms with E-state index in [9.17, 15) is 0 Å². The maximum Gasteiger partial charge on any atom is 0.0510 e. The monoisotopic (exact) mass is 210 g/mol. The van der Waals surface area contributed by atoms with Gasteiger partial charge < -0.3 is 10.7 Å². The van der Waals surface area contributed by atoms with Crippen LogP contribution < -0.4 is 5.73 Å². The minimum absolute atomic E-state index is 0.573. The summed E-state index contributed by atoms with van der Waals surface area (Å²) < 4.78 is 0. The standard InChI is InChI=1S/C14H14N2/c1-9-5-6-13-12(7-9)11-4-2-3-10(8-15)14(11)16-13/h2-7,16H,8,15H2,1H3. The molecule has 3 N–H and O–H groups in total. The summed E-state index contributed by atoms with van der Waals surface area (Å²) in [6.45, 7) is 2.69. The lowest BCUT2D eigenvalue weighted by Crippen LogP contribution is -1.96. The van der Waals surface area contributed by atoms with Gasteiger partial charge in [0, 0.05) is 22.8 Å². The van der Waals surface area contributed by atoms with Crippen LogP contribution >= 0.6 is 0 Å². The van der Waals surface area contributed by atoms with E-state index in [0.717, 1.165) is 0 Å². The van der Waals surface area contributed by atoms with Crippen molar-refractivity contribution in [3.63, 3.8) is 0 Å². The van der Waals surface area contributed by atoms with Crippen LogP contribution in [0.3, 0.4) is 0 Å². The highest BCUT2D eigenvalue weighted by molar-refractivity contribution is 6.08. The highest BCUT2D eigenvalue weighted by Crippen LogP contribution is 2.28. The molecule has 1 aromatic heterocycles. The van der Waals surface area contributed by atoms with E-state index in [1.807, 2.05) is 0 Å². The number of aryl methyl sites for hydroxylation is 1. The fraction of sp³-hybridized carbons (Fsp3) is 0.143. The van der Waals surface area contributed by atoms with E-state index in [0.29, 0.717) is 6.54 Å². The number of benzene rings is 2. The van der Waals surface area contributed by atoms with Crippen LogP contribution in [0.1, 0.15) is 11.1 Å². The van der Waals surface area contributed by atoms with Gasteiger partial charge >= 0.3 is 0 Å². The molecular formula is C14H14N2. The highest BCUT2D eigenvalue weighted by atomic mass is 14.7. The van der Waals surface area contributed by atoms with Crippen molar-refractivity contribution in [2.24, 2.45) is 5.73 Å². The second-order valence-corrected chi connectivity index (χ2v) is 4.22. The zero-order valence-electron chi connectivity index (χ0n) is 9.25. The summed E-state index contributed by atoms with van der Waals surface area (Å²) in [5.41, 5.74) is 10.6. The van der Waals surface area contributed by atoms with Crippen LogP contribution in [0, 0.1) is 6.92 Å². The van der Waals surface area contributed by atoms with Crippen molar-refractivity contribution in [3.05, 3.63) is 47.5 Å². The Hall–Kier alpha value is -1.80. The number of aromatic amines is 1. The summed E-state index contributed by atoms with van der Waals surface area (Å²) in [4.78, 5) is 3.44. The first-order valence-corrected chi connectivity index (χ1v) is 5.49. The van der Waals surface area contributed by atoms with Gasteiger partial charge in [0.05, 0.1) is 5.52 Å². The third kappa shape index (κ3) is 1.24. The van der Waals surface area contributed by atoms with Gasteiger partial charge in [-0.2, -0.15) is 0 Å². The number of nitrogens with one attached hydrogen (secondary N) is 1. The van der Waals surface area contributed by atoms with Gasteiger partial charge in [-0.15, -0.1) is 0 Å². The Kier molecular flexibility index (Phi) is 1.98. The smallest absolute Gasteiger partial charge is 0.0510 e. The van der Waals surface area contributed by atoms with Crippen LogP contribution in [-0.2, 0) is 6.54 Å². The number of H-pyrrole nitrogens is 1. The predicted molar refractivity (Wildman–Crippen MR) is 68.4 cm³/mol. The first-order valence-electron chi connectivity index (χ1n) is 5.49. The third-order valence-corrected chi connectivity index (χ3v) is 3.10. The van der Waals surface area contributed by atoms with Gasteiger partial charge in [-0.05, 0) is 24.6 Å². The fourth-order valence-corrected chi connectivity index (χ4v) is 2.27. The topological polar surface area (TPSA) is 41.8 Å². The molecular weight excluding hydrogens is 196 g/mol. The molecule has 2 aromatic carbocycles. The average molecular weight is 210 g/mol. The molecule has 0 saturated heterocycles. The van der Waals surface area contributed by atoms with E-state index < -0.39 is 0 Å². The molecule has 0 bridgehead atoms. The molecule has 0 radical (unpaired) electrons. The van der Waals surface area contributed by atoms with Gasteiger partial charge in [0.15, 0.2) is 0 Å². The molecule has 80 valence electrons. The molecule has 3 rings (SSSR count). The van der Waals surface area contributed by atoms with Gasteiger partial charge in [0.2, 0.25) is 0 Å². The Morgan fingerprint density at radius 2 is 2.00 bits per heavy atom. The van der Waals surface area contributed by atoms with Crippen molar-refractivity contribution < 1.29 is 0 Å². The second-order valence-electron chi connectivity index (χ2n) is 4.22. The number of hydrogen-bond acceptors (Lipinski definition) is 1. The molecule has 0 fully saturated rings. The molecule has 0 aliphatic heterocycles. The molecule has 2 heteroatoms. The van der Waals surface area contributed by atoms with Crippen LogP contribution in [0.2, 0.25) is 0 Å². The van der Waals surface area contributed by atoms with Gasteiger partial charge in [0.1, 0.15) is 0 Å². The van der Waals surface area contributed by atoms with E-state index >= 15 is 0 Å². The Balaban J connectivity index is 2.50. The summed E-state index contributed by atoms with van der Waals surface area (Å²) >= 11 is 0. The van der Waals surface area contributed by atoms with Gasteiger partial charge in [-0.25, -0.2) is 0 Å². The maximum absolute atomic E-state index is 5.75. The molecule has 0 atom stereocenters. The van der Waals surface area contributed by atoms with Crippen LogP contribution in [0.5, 0.6) is 0 Å². The first kappa shape index (κ1) is 9.43. The minimum Gasteiger partial charge on any atom is -0.354 e. The van der Waals surface area contributed by atoms with Crippen molar-refractivity contribution >= 4 is 21.8 Å². The van der Waals surface area contributed by atoms with E-state index in [-0.39, 0.29) is 0 Å². The van der Waals surface area contributed by atoms with Crippen molar-refractivity contribution in [2.75, 3.05) is 0 Å². The summed E-state index contributed by atoms with van der Waals surface area (Å²) in [5.74, 6) is 0. The fourth-order valence-electron chi connectivity index (χ4n) is 2.27. The number of aromatic nitrogens is 1. The van der Waals surface area contributed by atoms with Crippen LogP contribution in [0.15, 0.2) is 36.4 Å². The minimum atomic E-state index is 0.573. The number of hydrogen-bond donors (Lipinski definition) is 2. The molecule has 3 aromatic rings. The molecule has 0 aliphatic rings. The summed E-state index contributed by atoms with van der Waals surface area (Å²) in [5, 5.41) is 2.55. The normalized spacial score (nSPS) is 11.4. The number of rotatable bonds is 1. The van der Waals surface area contributed by atoms with E-state index in [2.05, 4.69) is 48.3 Å². The number of fused-ring (bicyclic) bond motifs is 3. The van der Waals surface area contributed by atoms with Crippen molar-refractivity contribution in [1.29, 1.82) is 0 Å². The largest absolute Gasteiger partial charge is 0.354 e. The molecule has 0 amide bonds. The average Bonchev–Trinajstić information content (AvgIpc) is 2.67. The molecule has 16 heavy (non-hydrogen) atoms. The van der Waals surface area contributed by atoms with Crippen LogP contribution in [-0.4, -0.2) is 4.98 Å². The molecule has 2 nitrogen and oxygen atoms in total. The van der Waals surface area contributed by atoms with Gasteiger partial charge in [0.25, 0.3) is 0 Å². The van der Waals surface area contributed by atoms with Crippen molar-refractivity contribution in [2.45, 2.75) is 13.5 Å².